The molecule has 5 heteroatoms. The summed E-state index contributed by atoms with van der Waals surface area (Å²) in [6, 6.07) is 15.1. The molecule has 2 aromatic carbocycles. The van der Waals surface area contributed by atoms with Crippen molar-refractivity contribution in [3.8, 4) is 5.75 Å². The third-order valence-corrected chi connectivity index (χ3v) is 5.13. The average Bonchev–Trinajstić information content (AvgIpc) is 2.75. The minimum Gasteiger partial charge on any atom is -0.484 e. The molecule has 5 nitrogen and oxygen atoms in total. The normalized spacial score (nSPS) is 11.6. The van der Waals surface area contributed by atoms with E-state index in [9.17, 15) is 9.59 Å². The average molecular weight is 411 g/mol. The zero-order valence-electron chi connectivity index (χ0n) is 18.6. The number of carbonyl (C=O) groups excluding carboxylic acids is 2. The largest absolute Gasteiger partial charge is 0.484 e. The molecule has 30 heavy (non-hydrogen) atoms. The molecule has 0 unspecified atom stereocenters. The molecule has 0 aromatic heterocycles. The summed E-state index contributed by atoms with van der Waals surface area (Å²) in [5.41, 5.74) is 3.32. The SMILES string of the molecule is CCCCNC(=O)[C@@H](C)N(Cc1cccc(C)c1)C(=O)COc1ccc(CC)cc1. The second-order valence-corrected chi connectivity index (χ2v) is 7.62. The molecule has 0 radical (unpaired) electrons. The summed E-state index contributed by atoms with van der Waals surface area (Å²) in [7, 11) is 0. The Labute approximate surface area is 180 Å². The number of nitrogens with one attached hydrogen (secondary N) is 1. The van der Waals surface area contributed by atoms with Crippen LogP contribution in [0.2, 0.25) is 0 Å². The maximum Gasteiger partial charge on any atom is 0.261 e. The van der Waals surface area contributed by atoms with E-state index >= 15 is 0 Å². The van der Waals surface area contributed by atoms with Gasteiger partial charge in [0.05, 0.1) is 0 Å². The van der Waals surface area contributed by atoms with Gasteiger partial charge in [-0.2, -0.15) is 0 Å². The highest BCUT2D eigenvalue weighted by atomic mass is 16.5. The quantitative estimate of drug-likeness (QED) is 0.563. The summed E-state index contributed by atoms with van der Waals surface area (Å²) < 4.78 is 5.72. The topological polar surface area (TPSA) is 58.6 Å². The number of unbranched alkanes of at least 4 members (excludes halogenated alkanes) is 1. The number of ether oxygens (including phenoxy) is 1. The molecule has 2 amide bonds. The molecule has 1 atom stereocenters. The summed E-state index contributed by atoms with van der Waals surface area (Å²) in [5, 5.41) is 2.93. The second kappa shape index (κ2) is 12.0. The first-order chi connectivity index (χ1) is 14.4. The molecule has 0 aliphatic heterocycles. The highest BCUT2D eigenvalue weighted by Gasteiger charge is 2.26. The molecule has 1 N–H and O–H groups in total. The van der Waals surface area contributed by atoms with Gasteiger partial charge in [-0.1, -0.05) is 62.2 Å². The van der Waals surface area contributed by atoms with E-state index in [-0.39, 0.29) is 18.4 Å². The molecule has 0 saturated carbocycles. The predicted octanol–water partition coefficient (Wildman–Crippen LogP) is 4.27. The van der Waals surface area contributed by atoms with Crippen molar-refractivity contribution < 1.29 is 14.3 Å². The number of amides is 2. The molecule has 0 aliphatic carbocycles. The van der Waals surface area contributed by atoms with Crippen molar-refractivity contribution in [2.45, 2.75) is 59.5 Å². The highest BCUT2D eigenvalue weighted by molar-refractivity contribution is 5.87. The van der Waals surface area contributed by atoms with Crippen molar-refractivity contribution >= 4 is 11.8 Å². The Hall–Kier alpha value is -2.82. The number of nitrogens with zero attached hydrogens (tertiary/aromatic N) is 1. The van der Waals surface area contributed by atoms with Crippen molar-refractivity contribution in [2.24, 2.45) is 0 Å². The number of benzene rings is 2. The van der Waals surface area contributed by atoms with E-state index in [1.54, 1.807) is 11.8 Å². The van der Waals surface area contributed by atoms with E-state index in [0.717, 1.165) is 30.4 Å². The summed E-state index contributed by atoms with van der Waals surface area (Å²) >= 11 is 0. The lowest BCUT2D eigenvalue weighted by molar-refractivity contribution is -0.142. The van der Waals surface area contributed by atoms with Gasteiger partial charge in [0.2, 0.25) is 5.91 Å². The number of carbonyl (C=O) groups is 2. The Kier molecular flexibility index (Phi) is 9.39. The number of aryl methyl sites for hydroxylation is 2. The van der Waals surface area contributed by atoms with Gasteiger partial charge < -0.3 is 15.0 Å². The van der Waals surface area contributed by atoms with Crippen LogP contribution in [0.15, 0.2) is 48.5 Å². The van der Waals surface area contributed by atoms with Crippen molar-refractivity contribution in [3.63, 3.8) is 0 Å². The third-order valence-electron chi connectivity index (χ3n) is 5.13. The lowest BCUT2D eigenvalue weighted by Crippen LogP contribution is -2.49. The smallest absolute Gasteiger partial charge is 0.261 e. The third kappa shape index (κ3) is 7.21. The molecule has 0 bridgehead atoms. The molecule has 0 heterocycles. The fourth-order valence-corrected chi connectivity index (χ4v) is 3.18. The summed E-state index contributed by atoms with van der Waals surface area (Å²) in [6.45, 7) is 8.82. The van der Waals surface area contributed by atoms with Crippen molar-refractivity contribution in [1.29, 1.82) is 0 Å². The van der Waals surface area contributed by atoms with Gasteiger partial charge in [0.1, 0.15) is 11.8 Å². The van der Waals surface area contributed by atoms with Crippen LogP contribution >= 0.6 is 0 Å². The van der Waals surface area contributed by atoms with Gasteiger partial charge in [-0.15, -0.1) is 0 Å². The maximum absolute atomic E-state index is 13.0. The van der Waals surface area contributed by atoms with E-state index in [1.807, 2.05) is 55.5 Å². The van der Waals surface area contributed by atoms with Gasteiger partial charge in [-0.3, -0.25) is 9.59 Å². The molecule has 0 aliphatic rings. The van der Waals surface area contributed by atoms with Gasteiger partial charge in [-0.25, -0.2) is 0 Å². The Morgan fingerprint density at radius 3 is 2.43 bits per heavy atom. The zero-order valence-corrected chi connectivity index (χ0v) is 18.6. The molecular weight excluding hydrogens is 376 g/mol. The first kappa shape index (κ1) is 23.5. The Bertz CT molecular complexity index is 817. The number of rotatable bonds is 11. The van der Waals surface area contributed by atoms with Crippen LogP contribution in [0.4, 0.5) is 0 Å². The lowest BCUT2D eigenvalue weighted by atomic mass is 10.1. The van der Waals surface area contributed by atoms with Crippen LogP contribution in [0.5, 0.6) is 5.75 Å². The minimum atomic E-state index is -0.582. The molecule has 0 spiro atoms. The Morgan fingerprint density at radius 2 is 1.80 bits per heavy atom. The maximum atomic E-state index is 13.0. The minimum absolute atomic E-state index is 0.107. The fourth-order valence-electron chi connectivity index (χ4n) is 3.18. The second-order valence-electron chi connectivity index (χ2n) is 7.62. The van der Waals surface area contributed by atoms with Gasteiger partial charge in [0.25, 0.3) is 5.91 Å². The van der Waals surface area contributed by atoms with Crippen LogP contribution in [0.25, 0.3) is 0 Å². The van der Waals surface area contributed by atoms with E-state index in [1.165, 1.54) is 5.56 Å². The standard InChI is InChI=1S/C25H34N2O3/c1-5-7-15-26-25(29)20(4)27(17-22-10-8-9-19(3)16-22)24(28)18-30-23-13-11-21(6-2)12-14-23/h8-14,16,20H,5-7,15,17-18H2,1-4H3,(H,26,29)/t20-/m1/s1. The van der Waals surface area contributed by atoms with Gasteiger partial charge >= 0.3 is 0 Å². The van der Waals surface area contributed by atoms with E-state index in [0.29, 0.717) is 18.8 Å². The Balaban J connectivity index is 2.09. The molecule has 0 fully saturated rings. The molecule has 2 rings (SSSR count). The van der Waals surface area contributed by atoms with Crippen LogP contribution in [-0.2, 0) is 22.6 Å². The van der Waals surface area contributed by atoms with Crippen LogP contribution < -0.4 is 10.1 Å². The van der Waals surface area contributed by atoms with Crippen LogP contribution in [0.3, 0.4) is 0 Å². The van der Waals surface area contributed by atoms with Crippen molar-refractivity contribution in [2.75, 3.05) is 13.2 Å². The Morgan fingerprint density at radius 1 is 1.07 bits per heavy atom. The summed E-state index contributed by atoms with van der Waals surface area (Å²) in [4.78, 5) is 27.2. The monoisotopic (exact) mass is 410 g/mol. The van der Waals surface area contributed by atoms with Crippen LogP contribution in [-0.4, -0.2) is 35.9 Å². The van der Waals surface area contributed by atoms with Crippen LogP contribution in [0, 0.1) is 6.92 Å². The van der Waals surface area contributed by atoms with Gasteiger partial charge in [0, 0.05) is 13.1 Å². The molecule has 0 saturated heterocycles. The first-order valence-corrected chi connectivity index (χ1v) is 10.8. The highest BCUT2D eigenvalue weighted by Crippen LogP contribution is 2.15. The number of hydrogen-bond donors (Lipinski definition) is 1. The lowest BCUT2D eigenvalue weighted by Gasteiger charge is -2.29. The van der Waals surface area contributed by atoms with Crippen molar-refractivity contribution in [1.82, 2.24) is 10.2 Å². The van der Waals surface area contributed by atoms with Crippen LogP contribution in [0.1, 0.15) is 50.3 Å². The molecule has 162 valence electrons. The van der Waals surface area contributed by atoms with E-state index in [2.05, 4.69) is 19.2 Å². The molecular formula is C25H34N2O3. The first-order valence-electron chi connectivity index (χ1n) is 10.8. The summed E-state index contributed by atoms with van der Waals surface area (Å²) in [6.07, 6.45) is 2.88. The number of hydrogen-bond acceptors (Lipinski definition) is 3. The molecule has 2 aromatic rings. The van der Waals surface area contributed by atoms with E-state index in [4.69, 9.17) is 4.74 Å². The zero-order chi connectivity index (χ0) is 21.9. The fraction of sp³-hybridized carbons (Fsp3) is 0.440. The van der Waals surface area contributed by atoms with Gasteiger partial charge in [-0.05, 0) is 49.9 Å². The predicted molar refractivity (Wildman–Crippen MR) is 120 cm³/mol. The summed E-state index contributed by atoms with van der Waals surface area (Å²) in [5.74, 6) is 0.294. The van der Waals surface area contributed by atoms with Gasteiger partial charge in [0.15, 0.2) is 6.61 Å². The van der Waals surface area contributed by atoms with Crippen molar-refractivity contribution in [3.05, 3.63) is 65.2 Å². The van der Waals surface area contributed by atoms with E-state index < -0.39 is 6.04 Å².